The van der Waals surface area contributed by atoms with Gasteiger partial charge in [0.25, 0.3) is 5.91 Å². The molecule has 1 aromatic rings. The molecule has 0 atom stereocenters. The van der Waals surface area contributed by atoms with Crippen molar-refractivity contribution in [2.24, 2.45) is 0 Å². The zero-order valence-electron chi connectivity index (χ0n) is 17.2. The number of carbonyl (C=O) groups is 3. The van der Waals surface area contributed by atoms with Crippen LogP contribution in [0.5, 0.6) is 0 Å². The first-order valence-electron chi connectivity index (χ1n) is 10.3. The predicted molar refractivity (Wildman–Crippen MR) is 110 cm³/mol. The second-order valence-electron chi connectivity index (χ2n) is 7.48. The first-order chi connectivity index (χ1) is 14.9. The highest BCUT2D eigenvalue weighted by Gasteiger charge is 2.27. The van der Waals surface area contributed by atoms with E-state index in [-0.39, 0.29) is 29.6 Å². The van der Waals surface area contributed by atoms with Gasteiger partial charge in [0, 0.05) is 19.1 Å². The maximum absolute atomic E-state index is 12.7. The van der Waals surface area contributed by atoms with Gasteiger partial charge in [0.05, 0.1) is 23.7 Å². The molecular formula is C20H27N3O7S. The van der Waals surface area contributed by atoms with Crippen molar-refractivity contribution in [3.8, 4) is 0 Å². The Morgan fingerprint density at radius 3 is 2.52 bits per heavy atom. The maximum Gasteiger partial charge on any atom is 0.338 e. The molecule has 1 heterocycles. The lowest BCUT2D eigenvalue weighted by atomic mass is 9.96. The SMILES string of the molecule is O=C(COC(=O)c1cccc(S(=O)(=O)N2CCOCC2)c1)NC(=O)NC1CCCCC1. The molecule has 1 aliphatic carbocycles. The van der Waals surface area contributed by atoms with E-state index in [9.17, 15) is 22.8 Å². The number of esters is 1. The molecule has 1 saturated heterocycles. The number of imide groups is 1. The Morgan fingerprint density at radius 1 is 1.10 bits per heavy atom. The predicted octanol–water partition coefficient (Wildman–Crippen LogP) is 1.02. The largest absolute Gasteiger partial charge is 0.452 e. The van der Waals surface area contributed by atoms with Crippen molar-refractivity contribution >= 4 is 27.9 Å². The van der Waals surface area contributed by atoms with E-state index in [1.165, 1.54) is 28.6 Å². The summed E-state index contributed by atoms with van der Waals surface area (Å²) in [5.74, 6) is -1.62. The summed E-state index contributed by atoms with van der Waals surface area (Å²) >= 11 is 0. The van der Waals surface area contributed by atoms with E-state index >= 15 is 0 Å². The molecular weight excluding hydrogens is 426 g/mol. The van der Waals surface area contributed by atoms with Crippen LogP contribution in [-0.2, 0) is 24.3 Å². The van der Waals surface area contributed by atoms with Gasteiger partial charge in [0.2, 0.25) is 10.0 Å². The molecule has 3 rings (SSSR count). The third-order valence-electron chi connectivity index (χ3n) is 5.21. The number of rotatable bonds is 6. The van der Waals surface area contributed by atoms with Gasteiger partial charge in [-0.2, -0.15) is 4.31 Å². The number of morpholine rings is 1. The third-order valence-corrected chi connectivity index (χ3v) is 7.10. The number of amides is 3. The van der Waals surface area contributed by atoms with Gasteiger partial charge in [-0.25, -0.2) is 18.0 Å². The number of carbonyl (C=O) groups excluding carboxylic acids is 3. The maximum atomic E-state index is 12.7. The Labute approximate surface area is 181 Å². The lowest BCUT2D eigenvalue weighted by Gasteiger charge is -2.26. The topological polar surface area (TPSA) is 131 Å². The number of nitrogens with one attached hydrogen (secondary N) is 2. The number of benzene rings is 1. The van der Waals surface area contributed by atoms with Crippen molar-refractivity contribution in [2.45, 2.75) is 43.0 Å². The van der Waals surface area contributed by atoms with Crippen molar-refractivity contribution < 1.29 is 32.3 Å². The molecule has 1 aromatic carbocycles. The summed E-state index contributed by atoms with van der Waals surface area (Å²) in [6, 6.07) is 4.85. The van der Waals surface area contributed by atoms with Gasteiger partial charge in [-0.05, 0) is 31.0 Å². The number of hydrogen-bond acceptors (Lipinski definition) is 7. The molecule has 0 spiro atoms. The fraction of sp³-hybridized carbons (Fsp3) is 0.550. The molecule has 0 unspecified atom stereocenters. The Hall–Kier alpha value is -2.50. The summed E-state index contributed by atoms with van der Waals surface area (Å²) in [6.45, 7) is 0.437. The highest BCUT2D eigenvalue weighted by Crippen LogP contribution is 2.19. The van der Waals surface area contributed by atoms with Crippen LogP contribution >= 0.6 is 0 Å². The van der Waals surface area contributed by atoms with Crippen LogP contribution in [0.4, 0.5) is 4.79 Å². The standard InChI is InChI=1S/C20H27N3O7S/c24-18(22-20(26)21-16-6-2-1-3-7-16)14-30-19(25)15-5-4-8-17(13-15)31(27,28)23-9-11-29-12-10-23/h4-5,8,13,16H,1-3,6-7,9-12,14H2,(H2,21,22,24,26). The highest BCUT2D eigenvalue weighted by atomic mass is 32.2. The molecule has 3 amide bonds. The smallest absolute Gasteiger partial charge is 0.338 e. The summed E-state index contributed by atoms with van der Waals surface area (Å²) in [4.78, 5) is 36.0. The molecule has 0 aromatic heterocycles. The summed E-state index contributed by atoms with van der Waals surface area (Å²) < 4.78 is 36.8. The number of ether oxygens (including phenoxy) is 2. The van der Waals surface area contributed by atoms with E-state index < -0.39 is 34.5 Å². The average Bonchev–Trinajstić information content (AvgIpc) is 2.78. The minimum atomic E-state index is -3.77. The Balaban J connectivity index is 1.51. The molecule has 2 fully saturated rings. The van der Waals surface area contributed by atoms with Crippen LogP contribution < -0.4 is 10.6 Å². The highest BCUT2D eigenvalue weighted by molar-refractivity contribution is 7.89. The van der Waals surface area contributed by atoms with E-state index in [1.54, 1.807) is 0 Å². The van der Waals surface area contributed by atoms with Crippen molar-refractivity contribution in [2.75, 3.05) is 32.9 Å². The van der Waals surface area contributed by atoms with Crippen molar-refractivity contribution in [1.29, 1.82) is 0 Å². The molecule has 2 N–H and O–H groups in total. The molecule has 0 bridgehead atoms. The van der Waals surface area contributed by atoms with Crippen LogP contribution in [0.15, 0.2) is 29.2 Å². The second-order valence-corrected chi connectivity index (χ2v) is 9.41. The fourth-order valence-corrected chi connectivity index (χ4v) is 5.02. The molecule has 10 nitrogen and oxygen atoms in total. The summed E-state index contributed by atoms with van der Waals surface area (Å²) in [6.07, 6.45) is 4.97. The molecule has 0 radical (unpaired) electrons. The lowest BCUT2D eigenvalue weighted by Crippen LogP contribution is -2.46. The van der Waals surface area contributed by atoms with Crippen LogP contribution in [-0.4, -0.2) is 69.6 Å². The van der Waals surface area contributed by atoms with E-state index in [2.05, 4.69) is 10.6 Å². The van der Waals surface area contributed by atoms with Gasteiger partial charge in [-0.1, -0.05) is 25.3 Å². The number of sulfonamides is 1. The van der Waals surface area contributed by atoms with Crippen LogP contribution in [0.25, 0.3) is 0 Å². The quantitative estimate of drug-likeness (QED) is 0.615. The average molecular weight is 454 g/mol. The summed E-state index contributed by atoms with van der Waals surface area (Å²) in [5.41, 5.74) is -0.00575. The van der Waals surface area contributed by atoms with Gasteiger partial charge in [-0.15, -0.1) is 0 Å². The minimum absolute atomic E-state index is 0.00575. The van der Waals surface area contributed by atoms with Crippen molar-refractivity contribution in [3.05, 3.63) is 29.8 Å². The van der Waals surface area contributed by atoms with E-state index in [0.717, 1.165) is 32.1 Å². The first kappa shape index (κ1) is 23.2. The molecule has 170 valence electrons. The first-order valence-corrected chi connectivity index (χ1v) is 11.8. The van der Waals surface area contributed by atoms with Gasteiger partial charge in [-0.3, -0.25) is 10.1 Å². The summed E-state index contributed by atoms with van der Waals surface area (Å²) in [5, 5.41) is 4.86. The second kappa shape index (κ2) is 10.7. The normalized spacial score (nSPS) is 18.2. The van der Waals surface area contributed by atoms with Crippen LogP contribution in [0.2, 0.25) is 0 Å². The minimum Gasteiger partial charge on any atom is -0.452 e. The van der Waals surface area contributed by atoms with Crippen molar-refractivity contribution in [3.63, 3.8) is 0 Å². The van der Waals surface area contributed by atoms with Gasteiger partial charge in [0.1, 0.15) is 0 Å². The zero-order chi connectivity index (χ0) is 22.3. The third kappa shape index (κ3) is 6.49. The van der Waals surface area contributed by atoms with E-state index in [0.29, 0.717) is 13.2 Å². The van der Waals surface area contributed by atoms with E-state index in [4.69, 9.17) is 9.47 Å². The molecule has 11 heteroatoms. The van der Waals surface area contributed by atoms with Crippen LogP contribution in [0.1, 0.15) is 42.5 Å². The van der Waals surface area contributed by atoms with Crippen molar-refractivity contribution in [1.82, 2.24) is 14.9 Å². The molecule has 1 saturated carbocycles. The Kier molecular flexibility index (Phi) is 7.99. The van der Waals surface area contributed by atoms with Gasteiger partial charge in [0.15, 0.2) is 6.61 Å². The summed E-state index contributed by atoms with van der Waals surface area (Å²) in [7, 11) is -3.77. The fourth-order valence-electron chi connectivity index (χ4n) is 3.57. The van der Waals surface area contributed by atoms with Gasteiger partial charge < -0.3 is 14.8 Å². The number of urea groups is 1. The lowest BCUT2D eigenvalue weighted by molar-refractivity contribution is -0.123. The van der Waals surface area contributed by atoms with Crippen LogP contribution in [0.3, 0.4) is 0 Å². The Morgan fingerprint density at radius 2 is 1.81 bits per heavy atom. The number of hydrogen-bond donors (Lipinski definition) is 2. The monoisotopic (exact) mass is 453 g/mol. The van der Waals surface area contributed by atoms with Crippen LogP contribution in [0, 0.1) is 0 Å². The van der Waals surface area contributed by atoms with E-state index in [1.807, 2.05) is 0 Å². The molecule has 31 heavy (non-hydrogen) atoms. The Bertz CT molecular complexity index is 907. The molecule has 2 aliphatic rings. The molecule has 1 aliphatic heterocycles. The zero-order valence-corrected chi connectivity index (χ0v) is 18.0. The number of nitrogens with zero attached hydrogens (tertiary/aromatic N) is 1. The van der Waals surface area contributed by atoms with Gasteiger partial charge >= 0.3 is 12.0 Å².